The van der Waals surface area contributed by atoms with Gasteiger partial charge in [-0.15, -0.1) is 0 Å². The normalized spacial score (nSPS) is 18.2. The van der Waals surface area contributed by atoms with Crippen LogP contribution in [0.4, 0.5) is 103 Å². The van der Waals surface area contributed by atoms with Crippen LogP contribution in [0.3, 0.4) is 0 Å². The van der Waals surface area contributed by atoms with Crippen molar-refractivity contribution in [2.24, 2.45) is 28.2 Å². The van der Waals surface area contributed by atoms with Gasteiger partial charge in [0.25, 0.3) is 0 Å². The second-order valence-electron chi connectivity index (χ2n) is 34.5. The van der Waals surface area contributed by atoms with E-state index < -0.39 is 58.9 Å². The van der Waals surface area contributed by atoms with Crippen molar-refractivity contribution < 1.29 is 95.2 Å². The van der Waals surface area contributed by atoms with E-state index in [-0.39, 0.29) is 92.6 Å². The van der Waals surface area contributed by atoms with Gasteiger partial charge in [0.2, 0.25) is 23.6 Å². The topological polar surface area (TPSA) is 309 Å². The minimum absolute atomic E-state index is 0.00904. The number of fused-ring (bicyclic) bond motifs is 4. The molecule has 4 N–H and O–H groups in total. The third-order valence-corrected chi connectivity index (χ3v) is 25.4. The minimum atomic E-state index is -4.66. The smallest absolute Gasteiger partial charge is 0.379 e. The number of hydrogen-bond acceptors (Lipinski definition) is 20. The van der Waals surface area contributed by atoms with Gasteiger partial charge in [0.05, 0.1) is 101 Å². The molecule has 8 aromatic heterocycles. The second-order valence-corrected chi connectivity index (χ2v) is 34.5. The third-order valence-electron chi connectivity index (χ3n) is 25.4. The lowest BCUT2D eigenvalue weighted by Crippen LogP contribution is -2.35. The standard InChI is InChI=1S/2C23H24F4N6O2.C23H25F3N6O2.C22H24F2N6O2/c2*1-13(34)32-7-5-20-17(11-32)22(30-33(20)15-6-8-35-12-15)28-19-4-3-14(9-18(19)24)16-10-31(2)29-21(16)23(25,26)27;1-14(33)31-9-7-20-19(12-31)22(29-32(20)17-8-10-34-13-17)28-16-5-3-15(4-6-16)18-11-27-30(2)21(18)23(24,25)26;1-13(31)29-5-3-20-18(11-29)22(27-30(20)16-4-6-32-12-16)26-15-7-17(21(24)19(23)8-15)14-9-25-28(2)10-14/h2*3-4,9-10,15H,5-8,11-12H2,1-2H3,(H,28,30);3-6,11,17H,7-10,12-13H2,1-2H3,(H,28,29);7-10,16H,3-6,11-12H2,1-2H3,(H,26,27)/t2*15-;;/m10../s1. The van der Waals surface area contributed by atoms with E-state index in [1.54, 1.807) is 77.0 Å². The van der Waals surface area contributed by atoms with Crippen LogP contribution >= 0.6 is 0 Å². The predicted octanol–water partition coefficient (Wildman–Crippen LogP) is 15.2. The molecule has 0 radical (unpaired) electrons. The Labute approximate surface area is 769 Å². The molecule has 16 heterocycles. The van der Waals surface area contributed by atoms with Crippen LogP contribution in [0.25, 0.3) is 44.5 Å². The lowest BCUT2D eigenvalue weighted by Gasteiger charge is -2.27. The molecule has 4 saturated heterocycles. The van der Waals surface area contributed by atoms with E-state index in [0.29, 0.717) is 177 Å². The molecule has 720 valence electrons. The van der Waals surface area contributed by atoms with Crippen LogP contribution in [-0.2, 0) is 137 Å². The van der Waals surface area contributed by atoms with Crippen LogP contribution in [0.1, 0.15) is 140 Å². The highest BCUT2D eigenvalue weighted by molar-refractivity contribution is 5.79. The first-order valence-corrected chi connectivity index (χ1v) is 44.2. The van der Waals surface area contributed by atoms with Crippen LogP contribution in [0.15, 0.2) is 104 Å². The van der Waals surface area contributed by atoms with Gasteiger partial charge in [-0.05, 0) is 84.8 Å². The van der Waals surface area contributed by atoms with E-state index in [2.05, 4.69) is 41.7 Å². The average molecular weight is 1900 g/mol. The third kappa shape index (κ3) is 19.9. The summed E-state index contributed by atoms with van der Waals surface area (Å²) < 4.78 is 214. The summed E-state index contributed by atoms with van der Waals surface area (Å²) in [6, 6.07) is 17.4. The number of carbonyl (C=O) groups is 4. The number of benzene rings is 4. The van der Waals surface area contributed by atoms with Gasteiger partial charge in [-0.25, -0.2) is 17.6 Å². The Bertz CT molecular complexity index is 6280. The van der Waals surface area contributed by atoms with Crippen molar-refractivity contribution in [1.82, 2.24) is 97.8 Å². The quantitative estimate of drug-likeness (QED) is 0.0653. The molecule has 136 heavy (non-hydrogen) atoms. The average Bonchev–Trinajstić information content (AvgIpc) is 1.62. The van der Waals surface area contributed by atoms with Crippen LogP contribution in [-0.4, -0.2) is 201 Å². The molecule has 32 nitrogen and oxygen atoms in total. The first-order valence-electron chi connectivity index (χ1n) is 44.2. The highest BCUT2D eigenvalue weighted by Crippen LogP contribution is 2.45. The van der Waals surface area contributed by atoms with Gasteiger partial charge in [-0.3, -0.25) is 56.6 Å². The molecule has 45 heteroatoms. The van der Waals surface area contributed by atoms with Crippen LogP contribution < -0.4 is 21.3 Å². The van der Waals surface area contributed by atoms with Gasteiger partial charge >= 0.3 is 18.5 Å². The molecule has 0 aliphatic carbocycles. The van der Waals surface area contributed by atoms with E-state index in [1.807, 2.05) is 18.7 Å². The van der Waals surface area contributed by atoms with Crippen molar-refractivity contribution in [3.05, 3.63) is 189 Å². The van der Waals surface area contributed by atoms with Crippen molar-refractivity contribution >= 4 is 69.6 Å². The summed E-state index contributed by atoms with van der Waals surface area (Å²) in [6.07, 6.45) is -1.10. The summed E-state index contributed by atoms with van der Waals surface area (Å²) in [5.74, 6) is -1.45. The maximum absolute atomic E-state index is 15.1. The molecule has 0 bridgehead atoms. The van der Waals surface area contributed by atoms with Crippen LogP contribution in [0.2, 0.25) is 0 Å². The number of nitrogens with zero attached hydrogens (tertiary/aromatic N) is 20. The Balaban J connectivity index is 0.000000126. The molecule has 2 unspecified atom stereocenters. The summed E-state index contributed by atoms with van der Waals surface area (Å²) in [4.78, 5) is 54.9. The highest BCUT2D eigenvalue weighted by Gasteiger charge is 2.43. The van der Waals surface area contributed by atoms with E-state index in [9.17, 15) is 67.5 Å². The molecule has 8 aliphatic rings. The number of anilines is 8. The van der Waals surface area contributed by atoms with Crippen molar-refractivity contribution in [3.63, 3.8) is 0 Å². The first kappa shape index (κ1) is 94.3. The van der Waals surface area contributed by atoms with Crippen molar-refractivity contribution in [3.8, 4) is 44.5 Å². The summed E-state index contributed by atoms with van der Waals surface area (Å²) in [5, 5.41) is 46.3. The molecule has 4 amide bonds. The molecular formula is C91H97F13N24O8. The van der Waals surface area contributed by atoms with E-state index >= 15 is 8.78 Å². The maximum atomic E-state index is 15.1. The van der Waals surface area contributed by atoms with Gasteiger partial charge in [0.1, 0.15) is 17.3 Å². The molecule has 0 saturated carbocycles. The van der Waals surface area contributed by atoms with Gasteiger partial charge in [0, 0.05) is 243 Å². The zero-order valence-corrected chi connectivity index (χ0v) is 75.2. The molecule has 0 spiro atoms. The molecule has 12 aromatic rings. The number of aromatic nitrogens is 16. The zero-order valence-electron chi connectivity index (χ0n) is 75.2. The molecule has 4 fully saturated rings. The lowest BCUT2D eigenvalue weighted by atomic mass is 10.0. The molecular weight excluding hydrogens is 1800 g/mol. The fourth-order valence-corrected chi connectivity index (χ4v) is 18.4. The minimum Gasteiger partial charge on any atom is -0.379 e. The van der Waals surface area contributed by atoms with Crippen LogP contribution in [0, 0.1) is 23.3 Å². The van der Waals surface area contributed by atoms with Crippen molar-refractivity contribution in [2.75, 3.05) is 100 Å². The largest absolute Gasteiger partial charge is 0.435 e. The Morgan fingerprint density at radius 3 is 1.05 bits per heavy atom. The van der Waals surface area contributed by atoms with Gasteiger partial charge in [-0.2, -0.15) is 80.3 Å². The first-order chi connectivity index (χ1) is 64.8. The lowest BCUT2D eigenvalue weighted by molar-refractivity contribution is -0.143. The van der Waals surface area contributed by atoms with Gasteiger partial charge < -0.3 is 59.8 Å². The van der Waals surface area contributed by atoms with Gasteiger partial charge in [-0.1, -0.05) is 24.3 Å². The SMILES string of the molecule is CC(=O)N1CCc2c(c(Nc3cc(F)c(F)c(-c4cnn(C)c4)c3)nn2C2CCOC2)C1.CC(=O)N1CCc2c(c(Nc3ccc(-c4cn(C)nc4C(F)(F)F)cc3F)nn2[C@@H]2CCOC2)C1.CC(=O)N1CCc2c(c(Nc3ccc(-c4cn(C)nc4C(F)(F)F)cc3F)nn2[C@H]2CCOC2)C1.CC(=O)N1CCc2c(c(Nc3ccc(-c4cnn(C)c4C(F)(F)F)cc3)nn2C2CCOC2)C1. The van der Waals surface area contributed by atoms with E-state index in [0.717, 1.165) is 103 Å². The fourth-order valence-electron chi connectivity index (χ4n) is 18.4. The Morgan fingerprint density at radius 1 is 0.368 bits per heavy atom. The fraction of sp³-hybridized carbons (Fsp3) is 0.429. The number of aryl methyl sites for hydroxylation is 4. The number of alkyl halides is 9. The molecule has 4 aromatic carbocycles. The molecule has 20 rings (SSSR count). The van der Waals surface area contributed by atoms with Gasteiger partial charge in [0.15, 0.2) is 46.3 Å². The number of hydrogen-bond donors (Lipinski definition) is 4. The Kier molecular flexibility index (Phi) is 26.6. The van der Waals surface area contributed by atoms with Crippen molar-refractivity contribution in [2.45, 2.75) is 148 Å². The number of amides is 4. The maximum Gasteiger partial charge on any atom is 0.435 e. The number of rotatable bonds is 16. The number of nitrogens with one attached hydrogen (secondary N) is 4. The van der Waals surface area contributed by atoms with E-state index in [1.165, 1.54) is 88.7 Å². The summed E-state index contributed by atoms with van der Waals surface area (Å²) in [7, 11) is 5.75. The Hall–Kier alpha value is -13.4. The summed E-state index contributed by atoms with van der Waals surface area (Å²) in [5.41, 5.74) is 6.58. The molecule has 8 aliphatic heterocycles. The van der Waals surface area contributed by atoms with Crippen LogP contribution in [0.5, 0.6) is 0 Å². The zero-order chi connectivity index (χ0) is 96.2. The predicted molar refractivity (Wildman–Crippen MR) is 469 cm³/mol. The molecule has 4 atom stereocenters. The monoisotopic (exact) mass is 1900 g/mol. The van der Waals surface area contributed by atoms with E-state index in [4.69, 9.17) is 39.3 Å². The second kappa shape index (κ2) is 38.4. The summed E-state index contributed by atoms with van der Waals surface area (Å²) >= 11 is 0. The number of carbonyl (C=O) groups excluding carboxylic acids is 4. The number of halogens is 13. The van der Waals surface area contributed by atoms with Crippen molar-refractivity contribution in [1.29, 1.82) is 0 Å². The highest BCUT2D eigenvalue weighted by atomic mass is 19.4. The Morgan fingerprint density at radius 2 is 0.728 bits per heavy atom. The summed E-state index contributed by atoms with van der Waals surface area (Å²) in [6.45, 7) is 14.9. The number of ether oxygens (including phenoxy) is 4.